The van der Waals surface area contributed by atoms with Crippen molar-refractivity contribution in [3.63, 3.8) is 0 Å². The average Bonchev–Trinajstić information content (AvgIpc) is 3.69. The molecular weight excluding hydrogens is 677 g/mol. The molecular formula is C54H40N2. The highest BCUT2D eigenvalue weighted by Gasteiger charge is 2.38. The van der Waals surface area contributed by atoms with Gasteiger partial charge in [0.1, 0.15) is 0 Å². The fourth-order valence-corrected chi connectivity index (χ4v) is 9.57. The van der Waals surface area contributed by atoms with Crippen molar-refractivity contribution in [1.29, 1.82) is 0 Å². The second-order valence-electron chi connectivity index (χ2n) is 15.8. The van der Waals surface area contributed by atoms with E-state index in [1.54, 1.807) is 0 Å². The molecule has 0 amide bonds. The zero-order valence-electron chi connectivity index (χ0n) is 31.8. The van der Waals surface area contributed by atoms with E-state index in [1.165, 1.54) is 99.4 Å². The lowest BCUT2D eigenvalue weighted by atomic mass is 9.81. The van der Waals surface area contributed by atoms with E-state index >= 15 is 0 Å². The van der Waals surface area contributed by atoms with Crippen LogP contribution in [0.5, 0.6) is 0 Å². The molecule has 2 nitrogen and oxygen atoms in total. The van der Waals surface area contributed by atoms with Gasteiger partial charge in [0, 0.05) is 43.9 Å². The van der Waals surface area contributed by atoms with Crippen LogP contribution < -0.4 is 4.90 Å². The van der Waals surface area contributed by atoms with Crippen LogP contribution in [0.1, 0.15) is 30.5 Å². The first-order valence-electron chi connectivity index (χ1n) is 19.6. The fraction of sp³-hybridized carbons (Fsp3) is 0.0741. The Morgan fingerprint density at radius 2 is 1.14 bits per heavy atom. The summed E-state index contributed by atoms with van der Waals surface area (Å²) in [5.74, 6) is 0. The van der Waals surface area contributed by atoms with Crippen molar-refractivity contribution in [3.05, 3.63) is 205 Å². The van der Waals surface area contributed by atoms with E-state index in [9.17, 15) is 0 Å². The van der Waals surface area contributed by atoms with Gasteiger partial charge in [0.05, 0.1) is 22.4 Å². The van der Waals surface area contributed by atoms with Gasteiger partial charge in [-0.25, -0.2) is 0 Å². The lowest BCUT2D eigenvalue weighted by Gasteiger charge is -2.30. The summed E-state index contributed by atoms with van der Waals surface area (Å²) in [6.07, 6.45) is 0. The molecule has 0 N–H and O–H groups in total. The number of para-hydroxylation sites is 2. The average molecular weight is 717 g/mol. The van der Waals surface area contributed by atoms with Crippen molar-refractivity contribution < 1.29 is 0 Å². The molecule has 0 atom stereocenters. The molecule has 1 heterocycles. The molecule has 0 radical (unpaired) electrons. The lowest BCUT2D eigenvalue weighted by molar-refractivity contribution is 0.660. The van der Waals surface area contributed by atoms with Crippen molar-refractivity contribution in [2.24, 2.45) is 0 Å². The Hall–Kier alpha value is -6.90. The minimum Gasteiger partial charge on any atom is -0.309 e. The molecule has 1 aromatic heterocycles. The number of nitrogens with zero attached hydrogens (tertiary/aromatic N) is 2. The van der Waals surface area contributed by atoms with Gasteiger partial charge in [-0.3, -0.25) is 0 Å². The Morgan fingerprint density at radius 1 is 0.464 bits per heavy atom. The van der Waals surface area contributed by atoms with E-state index in [2.05, 4.69) is 218 Å². The van der Waals surface area contributed by atoms with Gasteiger partial charge in [-0.2, -0.15) is 0 Å². The van der Waals surface area contributed by atoms with Crippen molar-refractivity contribution in [1.82, 2.24) is 4.57 Å². The fourth-order valence-electron chi connectivity index (χ4n) is 9.57. The van der Waals surface area contributed by atoms with Crippen LogP contribution in [0.4, 0.5) is 17.1 Å². The Kier molecular flexibility index (Phi) is 7.15. The van der Waals surface area contributed by atoms with Gasteiger partial charge in [-0.15, -0.1) is 0 Å². The third kappa shape index (κ3) is 4.75. The van der Waals surface area contributed by atoms with Crippen LogP contribution >= 0.6 is 0 Å². The predicted octanol–water partition coefficient (Wildman–Crippen LogP) is 14.8. The Labute approximate surface area is 327 Å². The summed E-state index contributed by atoms with van der Waals surface area (Å²) in [7, 11) is 0. The van der Waals surface area contributed by atoms with Gasteiger partial charge in [-0.05, 0) is 94.0 Å². The second-order valence-corrected chi connectivity index (χ2v) is 15.8. The summed E-state index contributed by atoms with van der Waals surface area (Å²) >= 11 is 0. The number of anilines is 3. The maximum Gasteiger partial charge on any atom is 0.0619 e. The van der Waals surface area contributed by atoms with E-state index in [0.717, 1.165) is 5.69 Å². The van der Waals surface area contributed by atoms with Gasteiger partial charge in [0.2, 0.25) is 0 Å². The number of rotatable bonds is 5. The summed E-state index contributed by atoms with van der Waals surface area (Å²) in [4.78, 5) is 2.47. The van der Waals surface area contributed by atoms with Gasteiger partial charge < -0.3 is 9.47 Å². The first kappa shape index (κ1) is 32.5. The van der Waals surface area contributed by atoms with Crippen molar-refractivity contribution in [2.75, 3.05) is 4.90 Å². The van der Waals surface area contributed by atoms with Crippen LogP contribution in [0, 0.1) is 6.92 Å². The molecule has 1 aliphatic carbocycles. The molecule has 2 heteroatoms. The van der Waals surface area contributed by atoms with Gasteiger partial charge >= 0.3 is 0 Å². The van der Waals surface area contributed by atoms with Gasteiger partial charge in [0.25, 0.3) is 0 Å². The lowest BCUT2D eigenvalue weighted by Crippen LogP contribution is -2.17. The third-order valence-corrected chi connectivity index (χ3v) is 12.2. The molecule has 0 aliphatic heterocycles. The van der Waals surface area contributed by atoms with Crippen molar-refractivity contribution in [3.8, 4) is 27.9 Å². The Morgan fingerprint density at radius 3 is 1.96 bits per heavy atom. The molecule has 0 spiro atoms. The van der Waals surface area contributed by atoms with E-state index < -0.39 is 0 Å². The highest BCUT2D eigenvalue weighted by molar-refractivity contribution is 6.15. The largest absolute Gasteiger partial charge is 0.309 e. The molecule has 0 saturated heterocycles. The smallest absolute Gasteiger partial charge is 0.0619 e. The van der Waals surface area contributed by atoms with Crippen LogP contribution in [-0.4, -0.2) is 4.57 Å². The monoisotopic (exact) mass is 716 g/mol. The number of aryl methyl sites for hydroxylation is 1. The molecule has 10 aromatic rings. The summed E-state index contributed by atoms with van der Waals surface area (Å²) in [6.45, 7) is 7.02. The molecule has 56 heavy (non-hydrogen) atoms. The highest BCUT2D eigenvalue weighted by atomic mass is 15.1. The maximum absolute atomic E-state index is 2.51. The standard InChI is InChI=1S/C54H40N2/c1-35-28-31-50-46(32-35)44-26-15-25-41(37-16-6-4-7-17-37)53(44)56(50)39-29-30-45-47(33-39)54(2,3)48-34-51(42-23-12-13-24-43(42)52(45)48)55(38-20-8-5-9-21-38)49-27-14-19-36-18-10-11-22-40(36)49/h4-34H,1-3H3. The SMILES string of the molecule is Cc1ccc2c(c1)c1cccc(-c3ccccc3)c1n2-c1ccc2c(c1)C(C)(C)c1cc(N(c3ccccc3)c3cccc4ccccc34)c3ccccc3c1-2. The summed E-state index contributed by atoms with van der Waals surface area (Å²) in [5.41, 5.74) is 16.0. The summed E-state index contributed by atoms with van der Waals surface area (Å²) < 4.78 is 2.51. The minimum absolute atomic E-state index is 0.266. The summed E-state index contributed by atoms with van der Waals surface area (Å²) in [6, 6.07) is 69.4. The number of hydrogen-bond acceptors (Lipinski definition) is 1. The van der Waals surface area contributed by atoms with Crippen LogP contribution in [-0.2, 0) is 5.41 Å². The first-order chi connectivity index (χ1) is 27.5. The molecule has 9 aromatic carbocycles. The first-order valence-corrected chi connectivity index (χ1v) is 19.6. The molecule has 0 fully saturated rings. The number of fused-ring (bicyclic) bond motifs is 9. The van der Waals surface area contributed by atoms with Gasteiger partial charge in [0.15, 0.2) is 0 Å². The topological polar surface area (TPSA) is 8.17 Å². The molecule has 0 saturated carbocycles. The number of aromatic nitrogens is 1. The zero-order chi connectivity index (χ0) is 37.5. The van der Waals surface area contributed by atoms with E-state index in [1.807, 2.05) is 0 Å². The van der Waals surface area contributed by atoms with E-state index in [4.69, 9.17) is 0 Å². The normalized spacial score (nSPS) is 13.1. The van der Waals surface area contributed by atoms with Crippen molar-refractivity contribution in [2.45, 2.75) is 26.2 Å². The van der Waals surface area contributed by atoms with Crippen LogP contribution in [0.25, 0.3) is 71.3 Å². The molecule has 266 valence electrons. The molecule has 0 unspecified atom stereocenters. The highest BCUT2D eigenvalue weighted by Crippen LogP contribution is 2.55. The third-order valence-electron chi connectivity index (χ3n) is 12.2. The maximum atomic E-state index is 2.51. The summed E-state index contributed by atoms with van der Waals surface area (Å²) in [5, 5.41) is 7.53. The van der Waals surface area contributed by atoms with Crippen LogP contribution in [0.15, 0.2) is 188 Å². The minimum atomic E-state index is -0.266. The Bertz CT molecular complexity index is 3160. The van der Waals surface area contributed by atoms with Gasteiger partial charge in [-0.1, -0.05) is 159 Å². The number of hydrogen-bond donors (Lipinski definition) is 0. The quantitative estimate of drug-likeness (QED) is 0.172. The molecule has 1 aliphatic rings. The predicted molar refractivity (Wildman–Crippen MR) is 238 cm³/mol. The van der Waals surface area contributed by atoms with Crippen LogP contribution in [0.3, 0.4) is 0 Å². The van der Waals surface area contributed by atoms with E-state index in [0.29, 0.717) is 0 Å². The van der Waals surface area contributed by atoms with Crippen LogP contribution in [0.2, 0.25) is 0 Å². The number of benzene rings is 9. The second kappa shape index (κ2) is 12.3. The molecule has 0 bridgehead atoms. The molecule has 11 rings (SSSR count). The Balaban J connectivity index is 1.16. The van der Waals surface area contributed by atoms with E-state index in [-0.39, 0.29) is 5.41 Å². The zero-order valence-corrected chi connectivity index (χ0v) is 31.8. The van der Waals surface area contributed by atoms with Crippen molar-refractivity contribution >= 4 is 60.4 Å².